The fourth-order valence-electron chi connectivity index (χ4n) is 3.07. The third kappa shape index (κ3) is 3.64. The van der Waals surface area contributed by atoms with Crippen molar-refractivity contribution in [2.45, 2.75) is 20.4 Å². The van der Waals surface area contributed by atoms with Crippen LogP contribution in [0.4, 0.5) is 5.69 Å². The highest BCUT2D eigenvalue weighted by molar-refractivity contribution is 6.03. The van der Waals surface area contributed by atoms with E-state index in [1.807, 2.05) is 25.1 Å². The van der Waals surface area contributed by atoms with Crippen LogP contribution in [0.25, 0.3) is 16.9 Å². The summed E-state index contributed by atoms with van der Waals surface area (Å²) in [5.74, 6) is -0.757. The lowest BCUT2D eigenvalue weighted by atomic mass is 10.1. The third-order valence-electron chi connectivity index (χ3n) is 4.51. The van der Waals surface area contributed by atoms with E-state index in [4.69, 9.17) is 4.74 Å². The number of ether oxygens (including phenoxy) is 1. The molecule has 1 aromatic carbocycles. The van der Waals surface area contributed by atoms with Gasteiger partial charge in [-0.2, -0.15) is 10.2 Å². The Labute approximate surface area is 172 Å². The molecular formula is C21H20N6O3. The largest absolute Gasteiger partial charge is 0.462 e. The molecule has 3 heterocycles. The number of carbonyl (C=O) groups excluding carboxylic acids is 2. The van der Waals surface area contributed by atoms with Crippen molar-refractivity contribution in [1.29, 1.82) is 0 Å². The van der Waals surface area contributed by atoms with Gasteiger partial charge < -0.3 is 10.1 Å². The van der Waals surface area contributed by atoms with E-state index in [1.165, 1.54) is 6.20 Å². The zero-order valence-corrected chi connectivity index (χ0v) is 16.6. The van der Waals surface area contributed by atoms with Gasteiger partial charge in [0.1, 0.15) is 5.56 Å². The van der Waals surface area contributed by atoms with Crippen LogP contribution in [0, 0.1) is 0 Å². The topological polar surface area (TPSA) is 103 Å². The predicted molar refractivity (Wildman–Crippen MR) is 110 cm³/mol. The van der Waals surface area contributed by atoms with Gasteiger partial charge in [0.05, 0.1) is 18.5 Å². The van der Waals surface area contributed by atoms with Gasteiger partial charge in [0, 0.05) is 30.2 Å². The van der Waals surface area contributed by atoms with Crippen molar-refractivity contribution in [3.05, 3.63) is 66.2 Å². The summed E-state index contributed by atoms with van der Waals surface area (Å²) in [4.78, 5) is 28.9. The number of rotatable bonds is 6. The van der Waals surface area contributed by atoms with Crippen LogP contribution in [0.2, 0.25) is 0 Å². The Morgan fingerprint density at radius 3 is 2.80 bits per heavy atom. The summed E-state index contributed by atoms with van der Waals surface area (Å²) in [5, 5.41) is 11.4. The maximum Gasteiger partial charge on any atom is 0.343 e. The Morgan fingerprint density at radius 1 is 1.17 bits per heavy atom. The summed E-state index contributed by atoms with van der Waals surface area (Å²) in [7, 11) is 0. The molecule has 0 aliphatic rings. The molecular weight excluding hydrogens is 384 g/mol. The number of carbonyl (C=O) groups is 2. The minimum absolute atomic E-state index is 0.272. The van der Waals surface area contributed by atoms with E-state index in [2.05, 4.69) is 20.5 Å². The standard InChI is InChI=1S/C21H20N6O3/c1-3-26-11-9-17(25-26)20(28)24-15-7-5-6-14(12-15)18-8-10-22-19-16(13-23-27(18)19)21(29)30-4-2/h5-13H,3-4H2,1-2H3,(H,24,28). The molecule has 9 nitrogen and oxygen atoms in total. The molecule has 0 aliphatic heterocycles. The molecule has 0 atom stereocenters. The minimum Gasteiger partial charge on any atom is -0.462 e. The summed E-state index contributed by atoms with van der Waals surface area (Å²) in [6.45, 7) is 4.66. The number of nitrogens with one attached hydrogen (secondary N) is 1. The number of amides is 1. The molecule has 0 unspecified atom stereocenters. The molecule has 0 saturated heterocycles. The highest BCUT2D eigenvalue weighted by Gasteiger charge is 2.17. The summed E-state index contributed by atoms with van der Waals surface area (Å²) in [6, 6.07) is 10.8. The molecule has 9 heteroatoms. The predicted octanol–water partition coefficient (Wildman–Crippen LogP) is 3.04. The number of aryl methyl sites for hydroxylation is 1. The Morgan fingerprint density at radius 2 is 2.03 bits per heavy atom. The average Bonchev–Trinajstić information content (AvgIpc) is 3.41. The van der Waals surface area contributed by atoms with Gasteiger partial charge in [-0.3, -0.25) is 9.48 Å². The quantitative estimate of drug-likeness (QED) is 0.496. The summed E-state index contributed by atoms with van der Waals surface area (Å²) >= 11 is 0. The van der Waals surface area contributed by atoms with Crippen molar-refractivity contribution in [2.24, 2.45) is 0 Å². The van der Waals surface area contributed by atoms with Crippen molar-refractivity contribution in [3.8, 4) is 11.3 Å². The molecule has 0 spiro atoms. The number of esters is 1. The van der Waals surface area contributed by atoms with Gasteiger partial charge >= 0.3 is 5.97 Å². The molecule has 0 saturated carbocycles. The van der Waals surface area contributed by atoms with Crippen molar-refractivity contribution < 1.29 is 14.3 Å². The molecule has 1 amide bonds. The molecule has 3 aromatic heterocycles. The molecule has 0 fully saturated rings. The van der Waals surface area contributed by atoms with Crippen LogP contribution >= 0.6 is 0 Å². The number of anilines is 1. The van der Waals surface area contributed by atoms with Gasteiger partial charge in [-0.15, -0.1) is 0 Å². The van der Waals surface area contributed by atoms with Gasteiger partial charge in [-0.25, -0.2) is 14.3 Å². The van der Waals surface area contributed by atoms with E-state index in [9.17, 15) is 9.59 Å². The number of aromatic nitrogens is 5. The average molecular weight is 404 g/mol. The number of nitrogens with zero attached hydrogens (tertiary/aromatic N) is 5. The molecule has 30 heavy (non-hydrogen) atoms. The molecule has 1 N–H and O–H groups in total. The van der Waals surface area contributed by atoms with E-state index in [1.54, 1.807) is 46.7 Å². The van der Waals surface area contributed by atoms with Gasteiger partial charge in [-0.05, 0) is 38.1 Å². The lowest BCUT2D eigenvalue weighted by Crippen LogP contribution is -2.13. The van der Waals surface area contributed by atoms with Crippen LogP contribution in [0.5, 0.6) is 0 Å². The monoisotopic (exact) mass is 404 g/mol. The van der Waals surface area contributed by atoms with Crippen LogP contribution in [-0.2, 0) is 11.3 Å². The zero-order chi connectivity index (χ0) is 21.1. The number of fused-ring (bicyclic) bond motifs is 1. The van der Waals surface area contributed by atoms with Gasteiger partial charge in [-0.1, -0.05) is 12.1 Å². The van der Waals surface area contributed by atoms with Crippen molar-refractivity contribution >= 4 is 23.2 Å². The van der Waals surface area contributed by atoms with Crippen LogP contribution < -0.4 is 5.32 Å². The third-order valence-corrected chi connectivity index (χ3v) is 4.51. The van der Waals surface area contributed by atoms with Gasteiger partial charge in [0.2, 0.25) is 0 Å². The summed E-state index contributed by atoms with van der Waals surface area (Å²) < 4.78 is 8.34. The van der Waals surface area contributed by atoms with E-state index in [0.717, 1.165) is 11.3 Å². The minimum atomic E-state index is -0.468. The van der Waals surface area contributed by atoms with Crippen LogP contribution in [0.3, 0.4) is 0 Å². The molecule has 0 radical (unpaired) electrons. The normalized spacial score (nSPS) is 10.9. The number of hydrogen-bond acceptors (Lipinski definition) is 6. The fourth-order valence-corrected chi connectivity index (χ4v) is 3.07. The van der Waals surface area contributed by atoms with Gasteiger partial charge in [0.15, 0.2) is 11.3 Å². The molecule has 4 rings (SSSR count). The van der Waals surface area contributed by atoms with Crippen molar-refractivity contribution in [2.75, 3.05) is 11.9 Å². The fraction of sp³-hybridized carbons (Fsp3) is 0.190. The second-order valence-electron chi connectivity index (χ2n) is 6.44. The molecule has 152 valence electrons. The SMILES string of the molecule is CCOC(=O)c1cnn2c(-c3cccc(NC(=O)c4ccn(CC)n4)c3)ccnc12. The van der Waals surface area contributed by atoms with Crippen LogP contribution in [0.15, 0.2) is 55.0 Å². The van der Waals surface area contributed by atoms with E-state index in [-0.39, 0.29) is 12.5 Å². The molecule has 0 aliphatic carbocycles. The first kappa shape index (κ1) is 19.3. The van der Waals surface area contributed by atoms with E-state index < -0.39 is 5.97 Å². The lowest BCUT2D eigenvalue weighted by Gasteiger charge is -2.08. The first-order valence-electron chi connectivity index (χ1n) is 9.55. The number of hydrogen-bond donors (Lipinski definition) is 1. The van der Waals surface area contributed by atoms with Crippen molar-refractivity contribution in [3.63, 3.8) is 0 Å². The maximum absolute atomic E-state index is 12.5. The van der Waals surface area contributed by atoms with Crippen LogP contribution in [0.1, 0.15) is 34.7 Å². The Hall–Kier alpha value is -4.01. The van der Waals surface area contributed by atoms with Crippen LogP contribution in [-0.4, -0.2) is 42.9 Å². The first-order chi connectivity index (χ1) is 14.6. The Bertz CT molecular complexity index is 1230. The summed E-state index contributed by atoms with van der Waals surface area (Å²) in [6.07, 6.45) is 4.81. The molecule has 4 aromatic rings. The van der Waals surface area contributed by atoms with Gasteiger partial charge in [0.25, 0.3) is 5.91 Å². The lowest BCUT2D eigenvalue weighted by molar-refractivity contribution is 0.0528. The maximum atomic E-state index is 12.5. The summed E-state index contributed by atoms with van der Waals surface area (Å²) in [5.41, 5.74) is 3.20. The Balaban J connectivity index is 1.64. The smallest absolute Gasteiger partial charge is 0.343 e. The van der Waals surface area contributed by atoms with E-state index in [0.29, 0.717) is 29.1 Å². The molecule has 0 bridgehead atoms. The zero-order valence-electron chi connectivity index (χ0n) is 16.6. The highest BCUT2D eigenvalue weighted by atomic mass is 16.5. The number of benzene rings is 1. The van der Waals surface area contributed by atoms with Crippen molar-refractivity contribution in [1.82, 2.24) is 24.4 Å². The highest BCUT2D eigenvalue weighted by Crippen LogP contribution is 2.24. The second kappa shape index (κ2) is 8.16. The van der Waals surface area contributed by atoms with E-state index >= 15 is 0 Å². The Kier molecular flexibility index (Phi) is 5.25. The second-order valence-corrected chi connectivity index (χ2v) is 6.44. The first-order valence-corrected chi connectivity index (χ1v) is 9.55.